The molecule has 0 aromatic carbocycles. The van der Waals surface area contributed by atoms with Crippen LogP contribution in [0.25, 0.3) is 0 Å². The molecule has 7 heteroatoms. The first kappa shape index (κ1) is 16.7. The lowest BCUT2D eigenvalue weighted by atomic mass is 9.96. The fourth-order valence-electron chi connectivity index (χ4n) is 2.12. The van der Waals surface area contributed by atoms with Crippen molar-refractivity contribution in [2.24, 2.45) is 0 Å². The zero-order chi connectivity index (χ0) is 15.6. The van der Waals surface area contributed by atoms with Crippen molar-refractivity contribution in [1.29, 1.82) is 0 Å². The van der Waals surface area contributed by atoms with Gasteiger partial charge in [-0.25, -0.2) is 13.6 Å². The van der Waals surface area contributed by atoms with Crippen LogP contribution in [0.4, 0.5) is 13.6 Å². The highest BCUT2D eigenvalue weighted by atomic mass is 19.3. The van der Waals surface area contributed by atoms with E-state index in [4.69, 9.17) is 9.84 Å². The molecule has 1 rings (SSSR count). The van der Waals surface area contributed by atoms with Crippen LogP contribution in [-0.2, 0) is 9.53 Å². The van der Waals surface area contributed by atoms with E-state index < -0.39 is 36.2 Å². The number of amides is 1. The van der Waals surface area contributed by atoms with Crippen molar-refractivity contribution in [3.05, 3.63) is 0 Å². The van der Waals surface area contributed by atoms with Gasteiger partial charge in [-0.1, -0.05) is 0 Å². The molecule has 1 aliphatic rings. The number of likely N-dealkylation sites (tertiary alicyclic amines) is 1. The number of carboxylic acid groups (broad SMARTS) is 1. The number of alkyl halides is 2. The summed E-state index contributed by atoms with van der Waals surface area (Å²) in [5.74, 6) is -3.96. The van der Waals surface area contributed by atoms with Crippen LogP contribution in [0, 0.1) is 0 Å². The first-order valence-corrected chi connectivity index (χ1v) is 6.59. The molecule has 0 radical (unpaired) electrons. The molecule has 116 valence electrons. The van der Waals surface area contributed by atoms with E-state index in [-0.39, 0.29) is 25.7 Å². The number of carbonyl (C=O) groups excluding carboxylic acids is 1. The fraction of sp³-hybridized carbons (Fsp3) is 0.846. The molecule has 1 amide bonds. The standard InChI is InChI=1S/C13H21F2NO4/c1-12(2,3)20-11(19)16-8-13(14,15)7-6-9(16)4-5-10(17)18/h9H,4-8H2,1-3H3,(H,17,18)/t9-/m1/s1. The Bertz CT molecular complexity index is 379. The third-order valence-electron chi connectivity index (χ3n) is 3.01. The van der Waals surface area contributed by atoms with Crippen molar-refractivity contribution in [3.63, 3.8) is 0 Å². The molecule has 5 nitrogen and oxygen atoms in total. The molecule has 1 N–H and O–H groups in total. The Morgan fingerprint density at radius 3 is 2.50 bits per heavy atom. The third kappa shape index (κ3) is 5.30. The van der Waals surface area contributed by atoms with Crippen LogP contribution in [0.3, 0.4) is 0 Å². The zero-order valence-electron chi connectivity index (χ0n) is 12.0. The van der Waals surface area contributed by atoms with Gasteiger partial charge in [0, 0.05) is 18.9 Å². The fourth-order valence-corrected chi connectivity index (χ4v) is 2.12. The van der Waals surface area contributed by atoms with E-state index in [1.165, 1.54) is 0 Å². The van der Waals surface area contributed by atoms with E-state index in [0.29, 0.717) is 0 Å². The Balaban J connectivity index is 2.76. The van der Waals surface area contributed by atoms with Crippen LogP contribution in [0.1, 0.15) is 46.5 Å². The van der Waals surface area contributed by atoms with Gasteiger partial charge >= 0.3 is 12.1 Å². The number of halogens is 2. The second-order valence-corrected chi connectivity index (χ2v) is 6.09. The number of nitrogens with zero attached hydrogens (tertiary/aromatic N) is 1. The minimum atomic E-state index is -2.95. The molecule has 0 aromatic rings. The Hall–Kier alpha value is -1.40. The van der Waals surface area contributed by atoms with E-state index in [2.05, 4.69) is 0 Å². The summed E-state index contributed by atoms with van der Waals surface area (Å²) in [6.45, 7) is 4.24. The van der Waals surface area contributed by atoms with Crippen LogP contribution >= 0.6 is 0 Å². The average Bonchev–Trinajstić information content (AvgIpc) is 2.23. The zero-order valence-corrected chi connectivity index (χ0v) is 12.0. The molecule has 1 atom stereocenters. The van der Waals surface area contributed by atoms with Crippen molar-refractivity contribution < 1.29 is 28.2 Å². The molecule has 0 unspecified atom stereocenters. The molecule has 1 fully saturated rings. The second-order valence-electron chi connectivity index (χ2n) is 6.09. The number of carboxylic acids is 1. The van der Waals surface area contributed by atoms with Crippen molar-refractivity contribution in [1.82, 2.24) is 4.90 Å². The van der Waals surface area contributed by atoms with Gasteiger partial charge in [0.25, 0.3) is 5.92 Å². The number of hydrogen-bond acceptors (Lipinski definition) is 3. The highest BCUT2D eigenvalue weighted by Gasteiger charge is 2.43. The van der Waals surface area contributed by atoms with Gasteiger partial charge in [0.1, 0.15) is 5.60 Å². The van der Waals surface area contributed by atoms with Gasteiger partial charge in [-0.3, -0.25) is 9.69 Å². The van der Waals surface area contributed by atoms with Gasteiger partial charge in [0.15, 0.2) is 0 Å². The maximum Gasteiger partial charge on any atom is 0.410 e. The van der Waals surface area contributed by atoms with Crippen molar-refractivity contribution in [3.8, 4) is 0 Å². The summed E-state index contributed by atoms with van der Waals surface area (Å²) in [5.41, 5.74) is -0.777. The molecular formula is C13H21F2NO4. The van der Waals surface area contributed by atoms with E-state index in [9.17, 15) is 18.4 Å². The van der Waals surface area contributed by atoms with Gasteiger partial charge < -0.3 is 9.84 Å². The summed E-state index contributed by atoms with van der Waals surface area (Å²) < 4.78 is 32.0. The van der Waals surface area contributed by atoms with Gasteiger partial charge in [-0.15, -0.1) is 0 Å². The molecule has 20 heavy (non-hydrogen) atoms. The van der Waals surface area contributed by atoms with Crippen molar-refractivity contribution in [2.75, 3.05) is 6.54 Å². The molecule has 0 spiro atoms. The van der Waals surface area contributed by atoms with Crippen LogP contribution in [0.5, 0.6) is 0 Å². The van der Waals surface area contributed by atoms with Gasteiger partial charge in [-0.2, -0.15) is 0 Å². The van der Waals surface area contributed by atoms with E-state index in [0.717, 1.165) is 4.90 Å². The quantitative estimate of drug-likeness (QED) is 0.869. The summed E-state index contributed by atoms with van der Waals surface area (Å²) in [6.07, 6.45) is -1.07. The molecule has 1 saturated heterocycles. The maximum absolute atomic E-state index is 13.5. The number of carbonyl (C=O) groups is 2. The summed E-state index contributed by atoms with van der Waals surface area (Å²) >= 11 is 0. The van der Waals surface area contributed by atoms with Crippen molar-refractivity contribution >= 4 is 12.1 Å². The van der Waals surface area contributed by atoms with E-state index in [1.54, 1.807) is 20.8 Å². The lowest BCUT2D eigenvalue weighted by Gasteiger charge is -2.39. The lowest BCUT2D eigenvalue weighted by Crippen LogP contribution is -2.52. The lowest BCUT2D eigenvalue weighted by molar-refractivity contribution is -0.138. The topological polar surface area (TPSA) is 66.8 Å². The number of piperidine rings is 1. The largest absolute Gasteiger partial charge is 0.481 e. The highest BCUT2D eigenvalue weighted by Crippen LogP contribution is 2.32. The summed E-state index contributed by atoms with van der Waals surface area (Å²) in [7, 11) is 0. The average molecular weight is 293 g/mol. The number of rotatable bonds is 3. The predicted octanol–water partition coefficient (Wildman–Crippen LogP) is 2.89. The molecule has 1 aliphatic heterocycles. The van der Waals surface area contributed by atoms with Gasteiger partial charge in [0.05, 0.1) is 6.54 Å². The van der Waals surface area contributed by atoms with Crippen LogP contribution in [0.2, 0.25) is 0 Å². The first-order valence-electron chi connectivity index (χ1n) is 6.59. The number of ether oxygens (including phenoxy) is 1. The molecular weight excluding hydrogens is 272 g/mol. The molecule has 0 aromatic heterocycles. The first-order chi connectivity index (χ1) is 9.00. The Morgan fingerprint density at radius 1 is 1.40 bits per heavy atom. The van der Waals surface area contributed by atoms with Crippen molar-refractivity contribution in [2.45, 2.75) is 64.0 Å². The monoisotopic (exact) mass is 293 g/mol. The maximum atomic E-state index is 13.5. The predicted molar refractivity (Wildman–Crippen MR) is 67.8 cm³/mol. The summed E-state index contributed by atoms with van der Waals surface area (Å²) in [5, 5.41) is 8.68. The Kier molecular flexibility index (Phi) is 4.94. The van der Waals surface area contributed by atoms with Crippen LogP contribution in [-0.4, -0.2) is 46.2 Å². The van der Waals surface area contributed by atoms with Gasteiger partial charge in [-0.05, 0) is 33.6 Å². The van der Waals surface area contributed by atoms with Crippen LogP contribution in [0.15, 0.2) is 0 Å². The molecule has 0 aliphatic carbocycles. The number of aliphatic carboxylic acids is 1. The minimum Gasteiger partial charge on any atom is -0.481 e. The van der Waals surface area contributed by atoms with E-state index in [1.807, 2.05) is 0 Å². The molecule has 0 saturated carbocycles. The van der Waals surface area contributed by atoms with Crippen LogP contribution < -0.4 is 0 Å². The Morgan fingerprint density at radius 2 is 2.00 bits per heavy atom. The highest BCUT2D eigenvalue weighted by molar-refractivity contribution is 5.69. The Labute approximate surface area is 116 Å². The third-order valence-corrected chi connectivity index (χ3v) is 3.01. The van der Waals surface area contributed by atoms with E-state index >= 15 is 0 Å². The molecule has 1 heterocycles. The SMILES string of the molecule is CC(C)(C)OC(=O)N1CC(F)(F)CC[C@H]1CCC(=O)O. The minimum absolute atomic E-state index is 0.0829. The summed E-state index contributed by atoms with van der Waals surface area (Å²) in [4.78, 5) is 23.5. The number of hydrogen-bond donors (Lipinski definition) is 1. The summed E-state index contributed by atoms with van der Waals surface area (Å²) in [6, 6.07) is -0.513. The molecule has 0 bridgehead atoms. The smallest absolute Gasteiger partial charge is 0.410 e. The van der Waals surface area contributed by atoms with Gasteiger partial charge in [0.2, 0.25) is 0 Å². The normalized spacial score (nSPS) is 22.4. The second kappa shape index (κ2) is 5.93.